The van der Waals surface area contributed by atoms with Crippen LogP contribution in [0.4, 0.5) is 0 Å². The first-order valence-corrected chi connectivity index (χ1v) is 9.04. The molecule has 1 aliphatic carbocycles. The van der Waals surface area contributed by atoms with Gasteiger partial charge < -0.3 is 0 Å². The molecule has 0 aromatic heterocycles. The molecule has 0 radical (unpaired) electrons. The second kappa shape index (κ2) is 8.32. The molecule has 0 aromatic rings. The molecule has 0 saturated heterocycles. The first-order valence-electron chi connectivity index (χ1n) is 9.04. The summed E-state index contributed by atoms with van der Waals surface area (Å²) >= 11 is 0. The number of rotatable bonds is 7. The van der Waals surface area contributed by atoms with Crippen LogP contribution in [0.2, 0.25) is 0 Å². The van der Waals surface area contributed by atoms with E-state index in [1.165, 1.54) is 44.9 Å². The monoisotopic (exact) mass is 266 g/mol. The molecule has 114 valence electrons. The third kappa shape index (κ3) is 4.50. The van der Waals surface area contributed by atoms with Crippen LogP contribution in [-0.4, -0.2) is 0 Å². The highest BCUT2D eigenvalue weighted by Gasteiger charge is 2.39. The Labute approximate surface area is 122 Å². The van der Waals surface area contributed by atoms with Crippen molar-refractivity contribution >= 4 is 0 Å². The van der Waals surface area contributed by atoms with Gasteiger partial charge in [-0.1, -0.05) is 73.6 Å². The van der Waals surface area contributed by atoms with Gasteiger partial charge in [0.25, 0.3) is 0 Å². The molecular formula is C19H38. The lowest BCUT2D eigenvalue weighted by molar-refractivity contribution is 0.0381. The smallest absolute Gasteiger partial charge is 0.0355 e. The zero-order valence-electron chi connectivity index (χ0n) is 14.4. The topological polar surface area (TPSA) is 0 Å². The SMILES string of the molecule is CCCC1CC(C(C)C)CC(C(C)CC)C1CCC. The summed E-state index contributed by atoms with van der Waals surface area (Å²) < 4.78 is 0. The lowest BCUT2D eigenvalue weighted by atomic mass is 9.59. The predicted octanol–water partition coefficient (Wildman–Crippen LogP) is 6.55. The molecule has 0 N–H and O–H groups in total. The van der Waals surface area contributed by atoms with E-state index in [1.54, 1.807) is 0 Å². The van der Waals surface area contributed by atoms with Crippen LogP contribution in [0, 0.1) is 35.5 Å². The molecule has 19 heavy (non-hydrogen) atoms. The molecule has 0 aliphatic heterocycles. The largest absolute Gasteiger partial charge is 0.0654 e. The van der Waals surface area contributed by atoms with Gasteiger partial charge in [-0.3, -0.25) is 0 Å². The summed E-state index contributed by atoms with van der Waals surface area (Å²) in [4.78, 5) is 0. The van der Waals surface area contributed by atoms with E-state index in [1.807, 2.05) is 0 Å². The van der Waals surface area contributed by atoms with E-state index in [0.717, 1.165) is 35.5 Å². The van der Waals surface area contributed by atoms with Crippen LogP contribution in [0.3, 0.4) is 0 Å². The van der Waals surface area contributed by atoms with Gasteiger partial charge in [0.05, 0.1) is 0 Å². The summed E-state index contributed by atoms with van der Waals surface area (Å²) in [6.45, 7) is 14.6. The maximum absolute atomic E-state index is 2.51. The molecule has 0 heteroatoms. The second-order valence-corrected chi connectivity index (χ2v) is 7.53. The molecule has 0 amide bonds. The van der Waals surface area contributed by atoms with E-state index >= 15 is 0 Å². The molecule has 5 unspecified atom stereocenters. The van der Waals surface area contributed by atoms with Gasteiger partial charge >= 0.3 is 0 Å². The zero-order chi connectivity index (χ0) is 14.4. The van der Waals surface area contributed by atoms with Gasteiger partial charge in [0, 0.05) is 0 Å². The van der Waals surface area contributed by atoms with Gasteiger partial charge in [-0.2, -0.15) is 0 Å². The van der Waals surface area contributed by atoms with Crippen LogP contribution in [0.15, 0.2) is 0 Å². The van der Waals surface area contributed by atoms with Crippen molar-refractivity contribution in [3.05, 3.63) is 0 Å². The minimum absolute atomic E-state index is 0.883. The van der Waals surface area contributed by atoms with Crippen molar-refractivity contribution in [2.24, 2.45) is 35.5 Å². The fourth-order valence-corrected chi connectivity index (χ4v) is 4.52. The molecule has 0 aromatic carbocycles. The Kier molecular flexibility index (Phi) is 7.47. The molecular weight excluding hydrogens is 228 g/mol. The Hall–Kier alpha value is 0. The summed E-state index contributed by atoms with van der Waals surface area (Å²) in [5, 5.41) is 0. The van der Waals surface area contributed by atoms with Crippen LogP contribution in [0.5, 0.6) is 0 Å². The van der Waals surface area contributed by atoms with Gasteiger partial charge in [-0.15, -0.1) is 0 Å². The van der Waals surface area contributed by atoms with E-state index in [2.05, 4.69) is 41.5 Å². The second-order valence-electron chi connectivity index (χ2n) is 7.53. The van der Waals surface area contributed by atoms with Gasteiger partial charge in [-0.05, 0) is 48.3 Å². The first kappa shape index (κ1) is 17.1. The van der Waals surface area contributed by atoms with Crippen LogP contribution < -0.4 is 0 Å². The maximum Gasteiger partial charge on any atom is -0.0355 e. The zero-order valence-corrected chi connectivity index (χ0v) is 14.4. The molecule has 0 bridgehead atoms. The Morgan fingerprint density at radius 2 is 1.53 bits per heavy atom. The Balaban J connectivity index is 2.86. The Morgan fingerprint density at radius 1 is 0.895 bits per heavy atom. The average molecular weight is 267 g/mol. The van der Waals surface area contributed by atoms with Crippen LogP contribution in [-0.2, 0) is 0 Å². The fourth-order valence-electron chi connectivity index (χ4n) is 4.52. The Bertz CT molecular complexity index is 230. The van der Waals surface area contributed by atoms with Crippen LogP contribution in [0.1, 0.15) is 86.5 Å². The average Bonchev–Trinajstić information content (AvgIpc) is 2.39. The number of hydrogen-bond donors (Lipinski definition) is 0. The predicted molar refractivity (Wildman–Crippen MR) is 87.3 cm³/mol. The summed E-state index contributed by atoms with van der Waals surface area (Å²) in [5.74, 6) is 5.84. The molecule has 1 aliphatic rings. The van der Waals surface area contributed by atoms with Crippen molar-refractivity contribution < 1.29 is 0 Å². The van der Waals surface area contributed by atoms with Crippen molar-refractivity contribution in [2.45, 2.75) is 86.5 Å². The molecule has 0 spiro atoms. The van der Waals surface area contributed by atoms with Crippen molar-refractivity contribution in [3.8, 4) is 0 Å². The summed E-state index contributed by atoms with van der Waals surface area (Å²) in [6.07, 6.45) is 10.1. The van der Waals surface area contributed by atoms with E-state index in [-0.39, 0.29) is 0 Å². The van der Waals surface area contributed by atoms with Gasteiger partial charge in [0.2, 0.25) is 0 Å². The highest BCUT2D eigenvalue weighted by Crippen LogP contribution is 2.48. The van der Waals surface area contributed by atoms with E-state index in [0.29, 0.717) is 0 Å². The van der Waals surface area contributed by atoms with Crippen molar-refractivity contribution in [2.75, 3.05) is 0 Å². The highest BCUT2D eigenvalue weighted by atomic mass is 14.4. The van der Waals surface area contributed by atoms with Gasteiger partial charge in [-0.25, -0.2) is 0 Å². The lowest BCUT2D eigenvalue weighted by Crippen LogP contribution is -2.37. The van der Waals surface area contributed by atoms with Crippen LogP contribution >= 0.6 is 0 Å². The molecule has 1 fully saturated rings. The van der Waals surface area contributed by atoms with E-state index in [9.17, 15) is 0 Å². The quantitative estimate of drug-likeness (QED) is 0.490. The molecule has 0 nitrogen and oxygen atoms in total. The van der Waals surface area contributed by atoms with Crippen molar-refractivity contribution in [1.29, 1.82) is 0 Å². The van der Waals surface area contributed by atoms with E-state index in [4.69, 9.17) is 0 Å². The minimum atomic E-state index is 0.883. The van der Waals surface area contributed by atoms with Crippen molar-refractivity contribution in [3.63, 3.8) is 0 Å². The summed E-state index contributed by atoms with van der Waals surface area (Å²) in [6, 6.07) is 0. The summed E-state index contributed by atoms with van der Waals surface area (Å²) in [7, 11) is 0. The minimum Gasteiger partial charge on any atom is -0.0654 e. The molecule has 0 heterocycles. The van der Waals surface area contributed by atoms with Gasteiger partial charge in [0.1, 0.15) is 0 Å². The third-order valence-corrected chi connectivity index (χ3v) is 5.93. The van der Waals surface area contributed by atoms with Crippen molar-refractivity contribution in [1.82, 2.24) is 0 Å². The Morgan fingerprint density at radius 3 is 2.00 bits per heavy atom. The first-order chi connectivity index (χ1) is 9.04. The third-order valence-electron chi connectivity index (χ3n) is 5.93. The molecule has 1 rings (SSSR count). The fraction of sp³-hybridized carbons (Fsp3) is 1.00. The summed E-state index contributed by atoms with van der Waals surface area (Å²) in [5.41, 5.74) is 0. The maximum atomic E-state index is 2.51. The highest BCUT2D eigenvalue weighted by molar-refractivity contribution is 4.89. The lowest BCUT2D eigenvalue weighted by Gasteiger charge is -2.46. The molecule has 1 saturated carbocycles. The van der Waals surface area contributed by atoms with Gasteiger partial charge in [0.15, 0.2) is 0 Å². The standard InChI is InChI=1S/C19H38/c1-7-10-16-12-17(14(4)5)13-19(15(6)9-3)18(16)11-8-2/h14-19H,7-13H2,1-6H3. The molecule has 5 atom stereocenters. The number of hydrogen-bond acceptors (Lipinski definition) is 0. The van der Waals surface area contributed by atoms with Crippen LogP contribution in [0.25, 0.3) is 0 Å². The van der Waals surface area contributed by atoms with E-state index < -0.39 is 0 Å². The normalized spacial score (nSPS) is 33.6.